The molecule has 2 heterocycles. The molecule has 134 valence electrons. The van der Waals surface area contributed by atoms with Crippen LogP contribution in [0.1, 0.15) is 24.2 Å². The lowest BCUT2D eigenvalue weighted by molar-refractivity contribution is -0.127. The predicted octanol–water partition coefficient (Wildman–Crippen LogP) is 2.69. The molecule has 0 saturated heterocycles. The molecule has 0 bridgehead atoms. The fourth-order valence-electron chi connectivity index (χ4n) is 2.61. The Kier molecular flexibility index (Phi) is 4.90. The lowest BCUT2D eigenvalue weighted by atomic mass is 10.1. The summed E-state index contributed by atoms with van der Waals surface area (Å²) >= 11 is 5.80. The molecule has 0 spiro atoms. The van der Waals surface area contributed by atoms with Crippen LogP contribution in [0.3, 0.4) is 0 Å². The van der Waals surface area contributed by atoms with Gasteiger partial charge in [-0.05, 0) is 44.2 Å². The molecular weight excluding hydrogens is 358 g/mol. The molecule has 1 aliphatic rings. The maximum absolute atomic E-state index is 12.5. The summed E-state index contributed by atoms with van der Waals surface area (Å²) in [4.78, 5) is 41.7. The normalized spacial score (nSPS) is 15.9. The van der Waals surface area contributed by atoms with Gasteiger partial charge >= 0.3 is 0 Å². The van der Waals surface area contributed by atoms with Crippen LogP contribution < -0.4 is 15.0 Å². The molecule has 7 nitrogen and oxygen atoms in total. The van der Waals surface area contributed by atoms with E-state index < -0.39 is 12.0 Å². The first-order valence-electron chi connectivity index (χ1n) is 7.89. The topological polar surface area (TPSA) is 88.6 Å². The second-order valence-corrected chi connectivity index (χ2v) is 6.23. The number of amides is 2. The van der Waals surface area contributed by atoms with Crippen molar-refractivity contribution in [3.05, 3.63) is 47.2 Å². The van der Waals surface area contributed by atoms with Gasteiger partial charge in [-0.1, -0.05) is 11.6 Å². The van der Waals surface area contributed by atoms with Crippen molar-refractivity contribution in [3.8, 4) is 5.75 Å². The number of ketones is 1. The number of aromatic nitrogens is 1. The first-order chi connectivity index (χ1) is 12.3. The second-order valence-electron chi connectivity index (χ2n) is 5.84. The van der Waals surface area contributed by atoms with Crippen LogP contribution >= 0.6 is 11.6 Å². The Morgan fingerprint density at radius 3 is 2.77 bits per heavy atom. The van der Waals surface area contributed by atoms with Gasteiger partial charge in [0.15, 0.2) is 11.9 Å². The Bertz CT molecular complexity index is 900. The Labute approximate surface area is 154 Å². The third-order valence-electron chi connectivity index (χ3n) is 3.89. The number of Topliss-reactive ketones (excluding diaryl/α,β-unsaturated/α-hetero) is 1. The van der Waals surface area contributed by atoms with Gasteiger partial charge in [0.1, 0.15) is 17.4 Å². The van der Waals surface area contributed by atoms with Gasteiger partial charge in [-0.15, -0.1) is 0 Å². The van der Waals surface area contributed by atoms with E-state index in [1.54, 1.807) is 31.2 Å². The van der Waals surface area contributed by atoms with Crippen LogP contribution in [0.5, 0.6) is 5.75 Å². The first-order valence-corrected chi connectivity index (χ1v) is 8.27. The number of hydrogen-bond donors (Lipinski definition) is 1. The highest BCUT2D eigenvalue weighted by Gasteiger charge is 2.33. The molecule has 1 atom stereocenters. The lowest BCUT2D eigenvalue weighted by Crippen LogP contribution is -2.47. The van der Waals surface area contributed by atoms with Crippen molar-refractivity contribution in [1.82, 2.24) is 4.98 Å². The van der Waals surface area contributed by atoms with Gasteiger partial charge in [0.2, 0.25) is 5.91 Å². The summed E-state index contributed by atoms with van der Waals surface area (Å²) in [6.45, 7) is 2.82. The van der Waals surface area contributed by atoms with Gasteiger partial charge in [0.25, 0.3) is 5.91 Å². The number of rotatable bonds is 4. The summed E-state index contributed by atoms with van der Waals surface area (Å²) in [6, 6.07) is 7.90. The van der Waals surface area contributed by atoms with Gasteiger partial charge in [0, 0.05) is 17.4 Å². The molecule has 26 heavy (non-hydrogen) atoms. The zero-order chi connectivity index (χ0) is 18.8. The molecule has 0 radical (unpaired) electrons. The molecule has 1 N–H and O–H groups in total. The van der Waals surface area contributed by atoms with Crippen molar-refractivity contribution < 1.29 is 19.1 Å². The average molecular weight is 374 g/mol. The predicted molar refractivity (Wildman–Crippen MR) is 96.8 cm³/mol. The Morgan fingerprint density at radius 1 is 1.31 bits per heavy atom. The number of ether oxygens (including phenoxy) is 1. The first kappa shape index (κ1) is 17.9. The molecule has 2 amide bonds. The van der Waals surface area contributed by atoms with Gasteiger partial charge < -0.3 is 10.1 Å². The molecule has 3 rings (SSSR count). The number of anilines is 2. The highest BCUT2D eigenvalue weighted by molar-refractivity contribution is 6.29. The molecule has 1 aliphatic heterocycles. The van der Waals surface area contributed by atoms with Crippen LogP contribution in [0.4, 0.5) is 11.4 Å². The minimum atomic E-state index is -0.728. The third kappa shape index (κ3) is 3.67. The molecule has 1 aromatic heterocycles. The van der Waals surface area contributed by atoms with Crippen molar-refractivity contribution in [1.29, 1.82) is 0 Å². The standard InChI is InChI=1S/C18H16ClN3O4/c1-10(23)12-3-4-15-14(7-12)22(18(25)11(2)26-15)9-17(24)21-13-5-6-20-16(19)8-13/h3-8,11H,9H2,1-2H3,(H,20,21,24). The molecule has 0 aliphatic carbocycles. The van der Waals surface area contributed by atoms with Crippen molar-refractivity contribution in [3.63, 3.8) is 0 Å². The van der Waals surface area contributed by atoms with E-state index in [-0.39, 0.29) is 23.4 Å². The van der Waals surface area contributed by atoms with Gasteiger partial charge in [0.05, 0.1) is 5.69 Å². The van der Waals surface area contributed by atoms with E-state index in [2.05, 4.69) is 10.3 Å². The van der Waals surface area contributed by atoms with E-state index in [0.29, 0.717) is 22.7 Å². The van der Waals surface area contributed by atoms with Crippen LogP contribution in [-0.4, -0.2) is 35.2 Å². The number of halogens is 1. The summed E-state index contributed by atoms with van der Waals surface area (Å²) in [7, 11) is 0. The van der Waals surface area contributed by atoms with E-state index in [1.165, 1.54) is 24.1 Å². The van der Waals surface area contributed by atoms with Gasteiger partial charge in [-0.2, -0.15) is 0 Å². The van der Waals surface area contributed by atoms with Crippen LogP contribution in [-0.2, 0) is 9.59 Å². The van der Waals surface area contributed by atoms with E-state index in [1.807, 2.05) is 0 Å². The smallest absolute Gasteiger partial charge is 0.268 e. The number of carbonyl (C=O) groups excluding carboxylic acids is 3. The molecule has 0 saturated carbocycles. The Morgan fingerprint density at radius 2 is 2.08 bits per heavy atom. The van der Waals surface area contributed by atoms with E-state index in [4.69, 9.17) is 16.3 Å². The van der Waals surface area contributed by atoms with Gasteiger partial charge in [-0.25, -0.2) is 4.98 Å². The molecule has 2 aromatic rings. The van der Waals surface area contributed by atoms with Crippen LogP contribution in [0, 0.1) is 0 Å². The maximum atomic E-state index is 12.5. The highest BCUT2D eigenvalue weighted by atomic mass is 35.5. The summed E-state index contributed by atoms with van der Waals surface area (Å²) in [5.74, 6) is -0.466. The molecule has 8 heteroatoms. The van der Waals surface area contributed by atoms with Crippen molar-refractivity contribution in [2.75, 3.05) is 16.8 Å². The van der Waals surface area contributed by atoms with Crippen molar-refractivity contribution >= 4 is 40.6 Å². The number of pyridine rings is 1. The summed E-state index contributed by atoms with van der Waals surface area (Å²) in [5, 5.41) is 2.91. The third-order valence-corrected chi connectivity index (χ3v) is 4.09. The fraction of sp³-hybridized carbons (Fsp3) is 0.222. The van der Waals surface area contributed by atoms with Crippen LogP contribution in [0.25, 0.3) is 0 Å². The summed E-state index contributed by atoms with van der Waals surface area (Å²) in [5.41, 5.74) is 1.30. The van der Waals surface area contributed by atoms with Gasteiger partial charge in [-0.3, -0.25) is 19.3 Å². The quantitative estimate of drug-likeness (QED) is 0.657. The number of carbonyl (C=O) groups is 3. The highest BCUT2D eigenvalue weighted by Crippen LogP contribution is 2.35. The maximum Gasteiger partial charge on any atom is 0.268 e. The van der Waals surface area contributed by atoms with Crippen molar-refractivity contribution in [2.24, 2.45) is 0 Å². The minimum absolute atomic E-state index is 0.144. The number of benzene rings is 1. The summed E-state index contributed by atoms with van der Waals surface area (Å²) < 4.78 is 5.56. The second kappa shape index (κ2) is 7.13. The van der Waals surface area contributed by atoms with Crippen LogP contribution in [0.2, 0.25) is 5.15 Å². The SMILES string of the molecule is CC(=O)c1ccc2c(c1)N(CC(=O)Nc1ccnc(Cl)c1)C(=O)C(C)O2. The average Bonchev–Trinajstić information content (AvgIpc) is 2.58. The van der Waals surface area contributed by atoms with Crippen LogP contribution in [0.15, 0.2) is 36.5 Å². The Balaban J connectivity index is 1.86. The lowest BCUT2D eigenvalue weighted by Gasteiger charge is -2.32. The molecule has 0 fully saturated rings. The number of nitrogens with zero attached hydrogens (tertiary/aromatic N) is 2. The minimum Gasteiger partial charge on any atom is -0.479 e. The van der Waals surface area contributed by atoms with Crippen molar-refractivity contribution in [2.45, 2.75) is 20.0 Å². The van der Waals surface area contributed by atoms with E-state index >= 15 is 0 Å². The molecular formula is C18H16ClN3O4. The van der Waals surface area contributed by atoms with E-state index in [9.17, 15) is 14.4 Å². The monoisotopic (exact) mass is 373 g/mol. The zero-order valence-corrected chi connectivity index (χ0v) is 14.9. The number of fused-ring (bicyclic) bond motifs is 1. The molecule has 1 unspecified atom stereocenters. The summed E-state index contributed by atoms with van der Waals surface area (Å²) in [6.07, 6.45) is 0.739. The largest absolute Gasteiger partial charge is 0.479 e. The molecule has 1 aromatic carbocycles. The zero-order valence-electron chi connectivity index (χ0n) is 14.2. The fourth-order valence-corrected chi connectivity index (χ4v) is 2.79. The number of hydrogen-bond acceptors (Lipinski definition) is 5. The number of nitrogens with one attached hydrogen (secondary N) is 1. The Hall–Kier alpha value is -2.93. The van der Waals surface area contributed by atoms with E-state index in [0.717, 1.165) is 0 Å².